The molecule has 310 valence electrons. The van der Waals surface area contributed by atoms with Crippen LogP contribution in [0.2, 0.25) is 0 Å². The van der Waals surface area contributed by atoms with Crippen LogP contribution in [0.3, 0.4) is 0 Å². The molecule has 4 heterocycles. The first kappa shape index (κ1) is 42.3. The number of hydrogen-bond acceptors (Lipinski definition) is 3. The summed E-state index contributed by atoms with van der Waals surface area (Å²) in [6.45, 7) is 26.8. The van der Waals surface area contributed by atoms with Crippen LogP contribution in [0.15, 0.2) is 116 Å². The third-order valence-corrected chi connectivity index (χ3v) is 13.1. The number of aryl methyl sites for hydroxylation is 3. The van der Waals surface area contributed by atoms with Crippen molar-refractivity contribution in [2.45, 2.75) is 105 Å². The summed E-state index contributed by atoms with van der Waals surface area (Å²) in [7, 11) is 0. The normalized spacial score (nSPS) is 13.6. The molecule has 4 aromatic heterocycles. The van der Waals surface area contributed by atoms with Crippen molar-refractivity contribution < 1.29 is 21.1 Å². The first-order valence-corrected chi connectivity index (χ1v) is 21.2. The second-order valence-corrected chi connectivity index (χ2v) is 19.4. The molecule has 8 aromatic rings. The van der Waals surface area contributed by atoms with Crippen LogP contribution in [-0.4, -0.2) is 24.1 Å². The van der Waals surface area contributed by atoms with E-state index in [1.54, 1.807) is 0 Å². The quantitative estimate of drug-likeness (QED) is 0.156. The number of aromatic nitrogens is 5. The zero-order chi connectivity index (χ0) is 42.5. The molecule has 0 unspecified atom stereocenters. The molecule has 9 rings (SSSR count). The van der Waals surface area contributed by atoms with Gasteiger partial charge in [0.1, 0.15) is 0 Å². The van der Waals surface area contributed by atoms with Crippen LogP contribution >= 0.6 is 0 Å². The fourth-order valence-electron chi connectivity index (χ4n) is 9.47. The predicted molar refractivity (Wildman–Crippen MR) is 245 cm³/mol. The standard InChI is InChI=1S/C55H55N5.Pt/c1-34-36(3)59-33-42(31-48(51(59)57-34)54(11,12)49-32-39(26-27-56-49)52(5,6)7)55(46-24-18-16-22-44(46)45-23-17-19-25-47(45)55)41-28-40(53(8,9)10)29-43(30-41)60-37(4)50(35(2)58-60)38-20-14-13-15-21-38;/h13-29,32-33H,1-12H3;/q-2;+2. The van der Waals surface area contributed by atoms with Crippen molar-refractivity contribution in [1.82, 2.24) is 24.1 Å². The van der Waals surface area contributed by atoms with Gasteiger partial charge in [0.2, 0.25) is 0 Å². The molecule has 1 aliphatic rings. The minimum absolute atomic E-state index is 0. The molecule has 5 nitrogen and oxygen atoms in total. The van der Waals surface area contributed by atoms with Crippen molar-refractivity contribution in [2.75, 3.05) is 0 Å². The fraction of sp³-hybridized carbons (Fsp3) is 0.291. The van der Waals surface area contributed by atoms with Gasteiger partial charge in [-0.25, -0.2) is 0 Å². The molecular formula is C55H55N5Pt. The number of nitrogens with zero attached hydrogens (tertiary/aromatic N) is 5. The maximum absolute atomic E-state index is 5.26. The van der Waals surface area contributed by atoms with E-state index in [0.29, 0.717) is 0 Å². The van der Waals surface area contributed by atoms with E-state index >= 15 is 0 Å². The van der Waals surface area contributed by atoms with Crippen LogP contribution in [0.1, 0.15) is 123 Å². The van der Waals surface area contributed by atoms with Crippen LogP contribution in [0.4, 0.5) is 0 Å². The smallest absolute Gasteiger partial charge is 0.411 e. The van der Waals surface area contributed by atoms with Crippen LogP contribution < -0.4 is 0 Å². The van der Waals surface area contributed by atoms with E-state index in [-0.39, 0.29) is 31.9 Å². The molecule has 0 N–H and O–H groups in total. The molecule has 0 aliphatic heterocycles. The summed E-state index contributed by atoms with van der Waals surface area (Å²) in [6.07, 6.45) is 4.26. The van der Waals surface area contributed by atoms with Crippen molar-refractivity contribution in [3.8, 4) is 27.9 Å². The third-order valence-electron chi connectivity index (χ3n) is 13.1. The first-order chi connectivity index (χ1) is 28.4. The van der Waals surface area contributed by atoms with Crippen molar-refractivity contribution in [2.24, 2.45) is 0 Å². The van der Waals surface area contributed by atoms with Gasteiger partial charge in [0, 0.05) is 51.0 Å². The van der Waals surface area contributed by atoms with Gasteiger partial charge in [-0.15, -0.1) is 22.8 Å². The zero-order valence-electron chi connectivity index (χ0n) is 37.5. The Balaban J connectivity index is 0.00000514. The molecule has 0 amide bonds. The Morgan fingerprint density at radius 1 is 0.607 bits per heavy atom. The second-order valence-electron chi connectivity index (χ2n) is 19.4. The summed E-state index contributed by atoms with van der Waals surface area (Å²) < 4.78 is 4.41. The van der Waals surface area contributed by atoms with Gasteiger partial charge >= 0.3 is 21.1 Å². The van der Waals surface area contributed by atoms with Crippen LogP contribution in [0.5, 0.6) is 0 Å². The Morgan fingerprint density at radius 3 is 1.84 bits per heavy atom. The number of imidazole rings is 1. The maximum atomic E-state index is 5.26. The van der Waals surface area contributed by atoms with E-state index < -0.39 is 10.8 Å². The van der Waals surface area contributed by atoms with Gasteiger partial charge in [0.15, 0.2) is 0 Å². The van der Waals surface area contributed by atoms with Gasteiger partial charge in [0.25, 0.3) is 0 Å². The van der Waals surface area contributed by atoms with Crippen LogP contribution in [0, 0.1) is 39.8 Å². The molecular weight excluding hydrogens is 926 g/mol. The summed E-state index contributed by atoms with van der Waals surface area (Å²) in [5, 5.41) is 5.25. The number of rotatable bonds is 6. The number of benzene rings is 4. The molecule has 0 spiro atoms. The van der Waals surface area contributed by atoms with Gasteiger partial charge < -0.3 is 4.40 Å². The van der Waals surface area contributed by atoms with E-state index in [2.05, 4.69) is 214 Å². The zero-order valence-corrected chi connectivity index (χ0v) is 39.8. The largest absolute Gasteiger partial charge is 2.00 e. The van der Waals surface area contributed by atoms with E-state index in [4.69, 9.17) is 15.1 Å². The molecule has 1 aliphatic carbocycles. The molecule has 0 bridgehead atoms. The van der Waals surface area contributed by atoms with Gasteiger partial charge in [-0.2, -0.15) is 28.9 Å². The van der Waals surface area contributed by atoms with E-state index in [9.17, 15) is 0 Å². The van der Waals surface area contributed by atoms with Crippen LogP contribution in [0.25, 0.3) is 33.6 Å². The van der Waals surface area contributed by atoms with Crippen molar-refractivity contribution >= 4 is 5.65 Å². The molecule has 0 radical (unpaired) electrons. The van der Waals surface area contributed by atoms with Crippen molar-refractivity contribution in [3.63, 3.8) is 0 Å². The summed E-state index contributed by atoms with van der Waals surface area (Å²) in [4.78, 5) is 10.3. The van der Waals surface area contributed by atoms with Crippen molar-refractivity contribution in [1.29, 1.82) is 0 Å². The summed E-state index contributed by atoms with van der Waals surface area (Å²) in [6, 6.07) is 45.8. The monoisotopic (exact) mass is 980 g/mol. The summed E-state index contributed by atoms with van der Waals surface area (Å²) in [5.74, 6) is 0. The maximum Gasteiger partial charge on any atom is 2.00 e. The van der Waals surface area contributed by atoms with E-state index in [0.717, 1.165) is 67.6 Å². The topological polar surface area (TPSA) is 48.0 Å². The molecule has 0 atom stereocenters. The van der Waals surface area contributed by atoms with E-state index in [1.165, 1.54) is 33.4 Å². The average molecular weight is 981 g/mol. The molecule has 4 aromatic carbocycles. The molecule has 6 heteroatoms. The minimum Gasteiger partial charge on any atom is -0.411 e. The Kier molecular flexibility index (Phi) is 10.3. The molecule has 0 saturated heterocycles. The van der Waals surface area contributed by atoms with Gasteiger partial charge in [-0.05, 0) is 89.7 Å². The molecule has 0 fully saturated rings. The van der Waals surface area contributed by atoms with Gasteiger partial charge in [0.05, 0.1) is 5.69 Å². The van der Waals surface area contributed by atoms with Crippen LogP contribution in [-0.2, 0) is 42.7 Å². The SMILES string of the molecule is Cc1nn(-c2[c-]c(C3(c4[c-]c(C(C)(C)c5cc(C(C)(C)C)ccn5)c5nc(C)c(C)n5c4)c4ccccc4-c4ccccc43)cc(C(C)(C)C)c2)c(C)c1-c1ccccc1.[Pt+2]. The Morgan fingerprint density at radius 2 is 1.21 bits per heavy atom. The average Bonchev–Trinajstić information content (AvgIpc) is 3.81. The Bertz CT molecular complexity index is 2920. The minimum atomic E-state index is -0.800. The van der Waals surface area contributed by atoms with Crippen molar-refractivity contribution in [3.05, 3.63) is 195 Å². The molecule has 61 heavy (non-hydrogen) atoms. The summed E-state index contributed by atoms with van der Waals surface area (Å²) in [5.41, 5.74) is 18.1. The first-order valence-electron chi connectivity index (χ1n) is 21.2. The fourth-order valence-corrected chi connectivity index (χ4v) is 9.47. The second kappa shape index (κ2) is 14.9. The Hall–Kier alpha value is -5.38. The molecule has 0 saturated carbocycles. The number of hydrogen-bond donors (Lipinski definition) is 0. The van der Waals surface area contributed by atoms with E-state index in [1.807, 2.05) is 6.20 Å². The van der Waals surface area contributed by atoms with Gasteiger partial charge in [-0.1, -0.05) is 140 Å². The van der Waals surface area contributed by atoms with Gasteiger partial charge in [-0.3, -0.25) is 14.6 Å². The summed E-state index contributed by atoms with van der Waals surface area (Å²) >= 11 is 0. The number of fused-ring (bicyclic) bond motifs is 4. The third kappa shape index (κ3) is 6.67. The predicted octanol–water partition coefficient (Wildman–Crippen LogP) is 12.7. The Labute approximate surface area is 376 Å². The number of pyridine rings is 2.